The van der Waals surface area contributed by atoms with Crippen LogP contribution in [0.2, 0.25) is 0 Å². The highest BCUT2D eigenvalue weighted by Gasteiger charge is 2.44. The minimum atomic E-state index is -4.49. The summed E-state index contributed by atoms with van der Waals surface area (Å²) < 4.78 is 37.1. The maximum absolute atomic E-state index is 12.4. The van der Waals surface area contributed by atoms with Crippen LogP contribution >= 0.6 is 11.3 Å². The average Bonchev–Trinajstić information content (AvgIpc) is 2.64. The molecule has 1 aromatic rings. The number of alkyl halides is 3. The average molecular weight is 264 g/mol. The monoisotopic (exact) mass is 264 g/mol. The quantitative estimate of drug-likeness (QED) is 0.853. The van der Waals surface area contributed by atoms with E-state index in [1.807, 2.05) is 0 Å². The molecule has 1 aromatic heterocycles. The van der Waals surface area contributed by atoms with Gasteiger partial charge in [0.2, 0.25) is 0 Å². The van der Waals surface area contributed by atoms with Crippen LogP contribution in [0.15, 0.2) is 6.20 Å². The zero-order chi connectivity index (χ0) is 12.7. The van der Waals surface area contributed by atoms with Gasteiger partial charge >= 0.3 is 6.18 Å². The molecule has 0 saturated heterocycles. The fraction of sp³-hybridized carbons (Fsp3) is 0.600. The van der Waals surface area contributed by atoms with E-state index in [2.05, 4.69) is 4.98 Å². The highest BCUT2D eigenvalue weighted by atomic mass is 32.1. The Labute approximate surface area is 99.8 Å². The molecule has 0 amide bonds. The van der Waals surface area contributed by atoms with E-state index in [-0.39, 0.29) is 17.2 Å². The Bertz CT molecular complexity index is 431. The number of ketones is 1. The van der Waals surface area contributed by atoms with E-state index < -0.39 is 16.6 Å². The SMILES string of the molecule is NCC1(C(=O)c2cnc(C(F)(F)F)s2)CCC1. The molecule has 3 nitrogen and oxygen atoms in total. The summed E-state index contributed by atoms with van der Waals surface area (Å²) in [5.74, 6) is -0.292. The lowest BCUT2D eigenvalue weighted by Gasteiger charge is -2.38. The van der Waals surface area contributed by atoms with Crippen LogP contribution in [0.3, 0.4) is 0 Å². The van der Waals surface area contributed by atoms with Crippen LogP contribution < -0.4 is 5.73 Å². The van der Waals surface area contributed by atoms with E-state index in [9.17, 15) is 18.0 Å². The standard InChI is InChI=1S/C10H11F3N2OS/c11-10(12,13)8-15-4-6(17-8)7(16)9(5-14)2-1-3-9/h4H,1-3,5,14H2. The van der Waals surface area contributed by atoms with Crippen LogP contribution in [-0.2, 0) is 6.18 Å². The molecule has 0 unspecified atom stereocenters. The van der Waals surface area contributed by atoms with Gasteiger partial charge < -0.3 is 5.73 Å². The number of nitrogens with zero attached hydrogens (tertiary/aromatic N) is 1. The smallest absolute Gasteiger partial charge is 0.329 e. The van der Waals surface area contributed by atoms with Crippen LogP contribution in [0.4, 0.5) is 13.2 Å². The third-order valence-electron chi connectivity index (χ3n) is 3.16. The maximum atomic E-state index is 12.4. The van der Waals surface area contributed by atoms with E-state index in [0.717, 1.165) is 12.6 Å². The molecule has 2 rings (SSSR count). The van der Waals surface area contributed by atoms with Gasteiger partial charge in [0.25, 0.3) is 0 Å². The molecule has 0 bridgehead atoms. The number of aromatic nitrogens is 1. The largest absolute Gasteiger partial charge is 0.443 e. The van der Waals surface area contributed by atoms with Crippen molar-refractivity contribution in [3.63, 3.8) is 0 Å². The molecule has 94 valence electrons. The second-order valence-electron chi connectivity index (χ2n) is 4.19. The number of carbonyl (C=O) groups is 1. The number of hydrogen-bond donors (Lipinski definition) is 1. The second-order valence-corrected chi connectivity index (χ2v) is 5.23. The fourth-order valence-corrected chi connectivity index (χ4v) is 2.74. The number of Topliss-reactive ketones (excluding diaryl/α,β-unsaturated/α-hetero) is 1. The van der Waals surface area contributed by atoms with Crippen LogP contribution in [0.25, 0.3) is 0 Å². The van der Waals surface area contributed by atoms with Crippen LogP contribution in [0, 0.1) is 5.41 Å². The molecule has 0 aromatic carbocycles. The van der Waals surface area contributed by atoms with Gasteiger partial charge in [-0.15, -0.1) is 11.3 Å². The summed E-state index contributed by atoms with van der Waals surface area (Å²) in [6.07, 6.45) is -1.28. The van der Waals surface area contributed by atoms with Gasteiger partial charge in [0, 0.05) is 18.2 Å². The van der Waals surface area contributed by atoms with Gasteiger partial charge in [-0.2, -0.15) is 13.2 Å². The Morgan fingerprint density at radius 2 is 2.18 bits per heavy atom. The Kier molecular flexibility index (Phi) is 2.99. The Morgan fingerprint density at radius 3 is 2.53 bits per heavy atom. The summed E-state index contributed by atoms with van der Waals surface area (Å²) in [5, 5.41) is -0.979. The molecule has 1 fully saturated rings. The van der Waals surface area contributed by atoms with E-state index in [0.29, 0.717) is 24.2 Å². The van der Waals surface area contributed by atoms with Crippen molar-refractivity contribution in [1.29, 1.82) is 0 Å². The van der Waals surface area contributed by atoms with Crippen molar-refractivity contribution in [2.45, 2.75) is 25.4 Å². The van der Waals surface area contributed by atoms with Gasteiger partial charge in [-0.1, -0.05) is 6.42 Å². The zero-order valence-corrected chi connectivity index (χ0v) is 9.70. The Balaban J connectivity index is 2.23. The number of hydrogen-bond acceptors (Lipinski definition) is 4. The Hall–Kier alpha value is -0.950. The highest BCUT2D eigenvalue weighted by Crippen LogP contribution is 2.44. The first kappa shape index (κ1) is 12.5. The zero-order valence-electron chi connectivity index (χ0n) is 8.88. The number of thiazole rings is 1. The van der Waals surface area contributed by atoms with Crippen molar-refractivity contribution >= 4 is 17.1 Å². The minimum Gasteiger partial charge on any atom is -0.329 e. The number of rotatable bonds is 3. The van der Waals surface area contributed by atoms with Crippen molar-refractivity contribution in [3.8, 4) is 0 Å². The predicted octanol–water partition coefficient (Wildman–Crippen LogP) is 2.47. The minimum absolute atomic E-state index is 0.0578. The molecule has 1 aliphatic carbocycles. The second kappa shape index (κ2) is 4.06. The lowest BCUT2D eigenvalue weighted by molar-refractivity contribution is -0.137. The van der Waals surface area contributed by atoms with Crippen molar-refractivity contribution in [3.05, 3.63) is 16.1 Å². The first-order valence-electron chi connectivity index (χ1n) is 5.17. The molecule has 0 atom stereocenters. The van der Waals surface area contributed by atoms with Gasteiger partial charge in [0.15, 0.2) is 10.8 Å². The predicted molar refractivity (Wildman–Crippen MR) is 56.8 cm³/mol. The van der Waals surface area contributed by atoms with Crippen molar-refractivity contribution in [2.75, 3.05) is 6.54 Å². The molecule has 1 heterocycles. The van der Waals surface area contributed by atoms with Gasteiger partial charge in [-0.3, -0.25) is 4.79 Å². The van der Waals surface area contributed by atoms with E-state index in [1.54, 1.807) is 0 Å². The van der Waals surface area contributed by atoms with Crippen LogP contribution in [0.5, 0.6) is 0 Å². The number of nitrogens with two attached hydrogens (primary N) is 1. The van der Waals surface area contributed by atoms with Crippen LogP contribution in [0.1, 0.15) is 33.9 Å². The molecular formula is C10H11F3N2OS. The molecule has 7 heteroatoms. The third-order valence-corrected chi connectivity index (χ3v) is 4.20. The molecule has 17 heavy (non-hydrogen) atoms. The molecule has 0 radical (unpaired) electrons. The summed E-state index contributed by atoms with van der Waals surface area (Å²) in [7, 11) is 0. The highest BCUT2D eigenvalue weighted by molar-refractivity contribution is 7.13. The topological polar surface area (TPSA) is 56.0 Å². The van der Waals surface area contributed by atoms with Crippen molar-refractivity contribution in [1.82, 2.24) is 4.98 Å². The molecule has 0 spiro atoms. The summed E-state index contributed by atoms with van der Waals surface area (Å²) in [6, 6.07) is 0. The Morgan fingerprint density at radius 1 is 1.53 bits per heavy atom. The first-order chi connectivity index (χ1) is 7.89. The maximum Gasteiger partial charge on any atom is 0.443 e. The summed E-state index contributed by atoms with van der Waals surface area (Å²) in [4.78, 5) is 15.3. The summed E-state index contributed by atoms with van der Waals surface area (Å²) >= 11 is 0.398. The fourth-order valence-electron chi connectivity index (χ4n) is 1.90. The van der Waals surface area contributed by atoms with Gasteiger partial charge in [-0.25, -0.2) is 4.98 Å². The van der Waals surface area contributed by atoms with Gasteiger partial charge in [0.05, 0.1) is 4.88 Å². The third kappa shape index (κ3) is 2.09. The summed E-state index contributed by atoms with van der Waals surface area (Å²) in [5.41, 5.74) is 4.90. The normalized spacial score (nSPS) is 18.8. The van der Waals surface area contributed by atoms with Gasteiger partial charge in [0.1, 0.15) is 0 Å². The van der Waals surface area contributed by atoms with E-state index in [4.69, 9.17) is 5.73 Å². The molecular weight excluding hydrogens is 253 g/mol. The summed E-state index contributed by atoms with van der Waals surface area (Å²) in [6.45, 7) is 0.186. The van der Waals surface area contributed by atoms with E-state index >= 15 is 0 Å². The lowest BCUT2D eigenvalue weighted by Crippen LogP contribution is -2.44. The first-order valence-corrected chi connectivity index (χ1v) is 5.99. The lowest BCUT2D eigenvalue weighted by atomic mass is 9.66. The van der Waals surface area contributed by atoms with Crippen molar-refractivity contribution in [2.24, 2.45) is 11.1 Å². The van der Waals surface area contributed by atoms with E-state index in [1.165, 1.54) is 0 Å². The molecule has 2 N–H and O–H groups in total. The molecule has 1 aliphatic rings. The molecule has 0 aliphatic heterocycles. The number of halogens is 3. The van der Waals surface area contributed by atoms with Gasteiger partial charge in [-0.05, 0) is 12.8 Å². The van der Waals surface area contributed by atoms with Crippen molar-refractivity contribution < 1.29 is 18.0 Å². The molecule has 1 saturated carbocycles. The van der Waals surface area contributed by atoms with Crippen LogP contribution in [-0.4, -0.2) is 17.3 Å². The number of carbonyl (C=O) groups excluding carboxylic acids is 1.